The molecule has 2 nitrogen and oxygen atoms in total. The van der Waals surface area contributed by atoms with Crippen LogP contribution in [0.1, 0.15) is 26.7 Å². The van der Waals surface area contributed by atoms with Crippen molar-refractivity contribution in [3.05, 3.63) is 12.8 Å². The molecule has 0 amide bonds. The van der Waals surface area contributed by atoms with Gasteiger partial charge in [0.1, 0.15) is 0 Å². The Hall–Kier alpha value is -0.500. The quantitative estimate of drug-likeness (QED) is 0.655. The van der Waals surface area contributed by atoms with Crippen molar-refractivity contribution in [3.63, 3.8) is 0 Å². The van der Waals surface area contributed by atoms with E-state index in [-0.39, 0.29) is 0 Å². The summed E-state index contributed by atoms with van der Waals surface area (Å²) >= 11 is 0. The maximum atomic E-state index is 3.80. The predicted molar refractivity (Wildman–Crippen MR) is 57.7 cm³/mol. The Labute approximate surface area is 82.2 Å². The van der Waals surface area contributed by atoms with Crippen LogP contribution in [0.2, 0.25) is 0 Å². The molecule has 1 aliphatic heterocycles. The van der Waals surface area contributed by atoms with Crippen LogP contribution in [0.3, 0.4) is 0 Å². The van der Waals surface area contributed by atoms with Gasteiger partial charge in [0.15, 0.2) is 0 Å². The third kappa shape index (κ3) is 2.73. The molecule has 1 rings (SSSR count). The van der Waals surface area contributed by atoms with Crippen molar-refractivity contribution in [2.75, 3.05) is 26.2 Å². The highest BCUT2D eigenvalue weighted by Gasteiger charge is 2.19. The first-order valence-electron chi connectivity index (χ1n) is 5.42. The highest BCUT2D eigenvalue weighted by molar-refractivity contribution is 4.81. The topological polar surface area (TPSA) is 6.48 Å². The molecule has 76 valence electrons. The van der Waals surface area contributed by atoms with Gasteiger partial charge in [-0.15, -0.1) is 0 Å². The van der Waals surface area contributed by atoms with Gasteiger partial charge < -0.3 is 4.90 Å². The van der Waals surface area contributed by atoms with Gasteiger partial charge in [0.2, 0.25) is 0 Å². The lowest BCUT2D eigenvalue weighted by Crippen LogP contribution is -2.48. The van der Waals surface area contributed by atoms with Gasteiger partial charge in [-0.3, -0.25) is 4.90 Å². The van der Waals surface area contributed by atoms with Gasteiger partial charge in [0.05, 0.1) is 0 Å². The Bertz CT molecular complexity index is 144. The van der Waals surface area contributed by atoms with E-state index >= 15 is 0 Å². The summed E-state index contributed by atoms with van der Waals surface area (Å²) in [5, 5.41) is 0. The zero-order valence-electron chi connectivity index (χ0n) is 9.00. The lowest BCUT2D eigenvalue weighted by atomic mass is 10.1. The molecule has 0 atom stereocenters. The third-order valence-corrected chi connectivity index (χ3v) is 3.07. The van der Waals surface area contributed by atoms with E-state index in [1.54, 1.807) is 0 Å². The van der Waals surface area contributed by atoms with Crippen molar-refractivity contribution in [1.29, 1.82) is 0 Å². The molecule has 1 saturated heterocycles. The predicted octanol–water partition coefficient (Wildman–Crippen LogP) is 1.94. The van der Waals surface area contributed by atoms with Gasteiger partial charge in [-0.05, 0) is 19.0 Å². The summed E-state index contributed by atoms with van der Waals surface area (Å²) in [5.74, 6) is 0. The SMILES string of the molecule is C=CN1CCN(C(CC)CC)CC1. The second kappa shape index (κ2) is 5.28. The molecule has 1 aliphatic rings. The first-order valence-corrected chi connectivity index (χ1v) is 5.42. The van der Waals surface area contributed by atoms with Crippen LogP contribution in [0.15, 0.2) is 12.8 Å². The van der Waals surface area contributed by atoms with Crippen LogP contribution in [0.5, 0.6) is 0 Å². The summed E-state index contributed by atoms with van der Waals surface area (Å²) in [6, 6.07) is 0.798. The zero-order chi connectivity index (χ0) is 9.68. The number of piperazine rings is 1. The summed E-state index contributed by atoms with van der Waals surface area (Å²) in [4.78, 5) is 4.92. The fourth-order valence-electron chi connectivity index (χ4n) is 2.09. The first kappa shape index (κ1) is 10.6. The first-order chi connectivity index (χ1) is 6.31. The molecule has 13 heavy (non-hydrogen) atoms. The average Bonchev–Trinajstić information content (AvgIpc) is 2.21. The molecule has 0 saturated carbocycles. The summed E-state index contributed by atoms with van der Waals surface area (Å²) in [7, 11) is 0. The number of nitrogens with zero attached hydrogens (tertiary/aromatic N) is 2. The standard InChI is InChI=1S/C11H22N2/c1-4-11(5-2)13-9-7-12(6-3)8-10-13/h6,11H,3-5,7-10H2,1-2H3. The molecule has 0 aromatic rings. The van der Waals surface area contributed by atoms with Crippen LogP contribution in [-0.4, -0.2) is 42.0 Å². The molecule has 0 radical (unpaired) electrons. The van der Waals surface area contributed by atoms with E-state index in [9.17, 15) is 0 Å². The summed E-state index contributed by atoms with van der Waals surface area (Å²) in [5.41, 5.74) is 0. The largest absolute Gasteiger partial charge is 0.375 e. The summed E-state index contributed by atoms with van der Waals surface area (Å²) < 4.78 is 0. The minimum absolute atomic E-state index is 0.798. The molecular formula is C11H22N2. The van der Waals surface area contributed by atoms with Gasteiger partial charge in [-0.1, -0.05) is 20.4 Å². The maximum Gasteiger partial charge on any atom is 0.0300 e. The van der Waals surface area contributed by atoms with E-state index in [0.29, 0.717) is 0 Å². The highest BCUT2D eigenvalue weighted by atomic mass is 15.3. The van der Waals surface area contributed by atoms with Crippen molar-refractivity contribution < 1.29 is 0 Å². The molecule has 0 aromatic carbocycles. The van der Waals surface area contributed by atoms with E-state index in [0.717, 1.165) is 19.1 Å². The van der Waals surface area contributed by atoms with Crippen molar-refractivity contribution >= 4 is 0 Å². The second-order valence-corrected chi connectivity index (χ2v) is 3.72. The molecule has 1 fully saturated rings. The summed E-state index contributed by atoms with van der Waals surface area (Å²) in [6.45, 7) is 13.1. The van der Waals surface area contributed by atoms with Crippen LogP contribution in [0.25, 0.3) is 0 Å². The van der Waals surface area contributed by atoms with E-state index in [1.807, 2.05) is 6.20 Å². The van der Waals surface area contributed by atoms with Gasteiger partial charge in [-0.25, -0.2) is 0 Å². The Morgan fingerprint density at radius 1 is 1.15 bits per heavy atom. The highest BCUT2D eigenvalue weighted by Crippen LogP contribution is 2.11. The van der Waals surface area contributed by atoms with Crippen molar-refractivity contribution in [3.8, 4) is 0 Å². The maximum absolute atomic E-state index is 3.80. The van der Waals surface area contributed by atoms with Crippen LogP contribution in [-0.2, 0) is 0 Å². The average molecular weight is 182 g/mol. The molecule has 2 heteroatoms. The molecule has 1 heterocycles. The van der Waals surface area contributed by atoms with E-state index in [1.165, 1.54) is 25.9 Å². The lowest BCUT2D eigenvalue weighted by Gasteiger charge is -2.38. The van der Waals surface area contributed by atoms with Crippen LogP contribution >= 0.6 is 0 Å². The van der Waals surface area contributed by atoms with E-state index in [4.69, 9.17) is 0 Å². The number of hydrogen-bond donors (Lipinski definition) is 0. The van der Waals surface area contributed by atoms with Crippen molar-refractivity contribution in [2.45, 2.75) is 32.7 Å². The van der Waals surface area contributed by atoms with Gasteiger partial charge in [0.25, 0.3) is 0 Å². The molecule has 0 spiro atoms. The van der Waals surface area contributed by atoms with E-state index in [2.05, 4.69) is 30.2 Å². The summed E-state index contributed by atoms with van der Waals surface area (Å²) in [6.07, 6.45) is 4.53. The minimum Gasteiger partial charge on any atom is -0.375 e. The molecule has 0 bridgehead atoms. The molecule has 0 aromatic heterocycles. The number of rotatable bonds is 4. The Balaban J connectivity index is 2.34. The second-order valence-electron chi connectivity index (χ2n) is 3.72. The Kier molecular flexibility index (Phi) is 4.29. The van der Waals surface area contributed by atoms with E-state index < -0.39 is 0 Å². The zero-order valence-corrected chi connectivity index (χ0v) is 9.00. The lowest BCUT2D eigenvalue weighted by molar-refractivity contribution is 0.117. The van der Waals surface area contributed by atoms with Crippen molar-refractivity contribution in [2.24, 2.45) is 0 Å². The van der Waals surface area contributed by atoms with Gasteiger partial charge in [-0.2, -0.15) is 0 Å². The monoisotopic (exact) mass is 182 g/mol. The molecule has 0 N–H and O–H groups in total. The van der Waals surface area contributed by atoms with Crippen LogP contribution in [0, 0.1) is 0 Å². The van der Waals surface area contributed by atoms with Crippen LogP contribution < -0.4 is 0 Å². The van der Waals surface area contributed by atoms with Gasteiger partial charge in [0, 0.05) is 32.2 Å². The fraction of sp³-hybridized carbons (Fsp3) is 0.818. The number of hydrogen-bond acceptors (Lipinski definition) is 2. The van der Waals surface area contributed by atoms with Gasteiger partial charge >= 0.3 is 0 Å². The molecular weight excluding hydrogens is 160 g/mol. The fourth-order valence-corrected chi connectivity index (χ4v) is 2.09. The third-order valence-electron chi connectivity index (χ3n) is 3.07. The normalized spacial score (nSPS) is 19.5. The van der Waals surface area contributed by atoms with Crippen molar-refractivity contribution in [1.82, 2.24) is 9.80 Å². The Morgan fingerprint density at radius 3 is 2.08 bits per heavy atom. The minimum atomic E-state index is 0.798. The molecule has 0 unspecified atom stereocenters. The van der Waals surface area contributed by atoms with Crippen LogP contribution in [0.4, 0.5) is 0 Å². The Morgan fingerprint density at radius 2 is 1.69 bits per heavy atom. The molecule has 0 aliphatic carbocycles. The smallest absolute Gasteiger partial charge is 0.0300 e.